The lowest BCUT2D eigenvalue weighted by molar-refractivity contribution is -0.131. The molecule has 0 bridgehead atoms. The molecule has 7 heteroatoms. The summed E-state index contributed by atoms with van der Waals surface area (Å²) < 4.78 is 0. The second-order valence-corrected chi connectivity index (χ2v) is 7.36. The first-order valence-electron chi connectivity index (χ1n) is 7.77. The largest absolute Gasteiger partial charge is 0.342 e. The Morgan fingerprint density at radius 3 is 2.65 bits per heavy atom. The van der Waals surface area contributed by atoms with Gasteiger partial charge in [0, 0.05) is 23.7 Å². The number of halogens is 1. The maximum Gasteiger partial charge on any atom is 0.235 e. The van der Waals surface area contributed by atoms with Crippen molar-refractivity contribution in [1.82, 2.24) is 20.1 Å². The molecule has 2 heterocycles. The molecule has 23 heavy (non-hydrogen) atoms. The van der Waals surface area contributed by atoms with Crippen molar-refractivity contribution in [2.45, 2.75) is 36.6 Å². The molecule has 0 radical (unpaired) electrons. The van der Waals surface area contributed by atoms with E-state index in [9.17, 15) is 4.79 Å². The Bertz CT molecular complexity index is 667. The third kappa shape index (κ3) is 4.06. The Morgan fingerprint density at radius 2 is 1.96 bits per heavy atom. The maximum absolute atomic E-state index is 12.4. The highest BCUT2D eigenvalue weighted by molar-refractivity contribution is 8.00. The minimum atomic E-state index is -0.179. The molecule has 1 aromatic carbocycles. The number of benzene rings is 1. The highest BCUT2D eigenvalue weighted by Gasteiger charge is 2.24. The molecule has 1 amide bonds. The molecule has 0 spiro atoms. The molecule has 1 saturated heterocycles. The van der Waals surface area contributed by atoms with Crippen LogP contribution < -0.4 is 0 Å². The lowest BCUT2D eigenvalue weighted by Crippen LogP contribution is -2.40. The van der Waals surface area contributed by atoms with Gasteiger partial charge in [0.05, 0.1) is 5.25 Å². The number of hydrogen-bond acceptors (Lipinski definition) is 4. The molecule has 1 unspecified atom stereocenters. The molecule has 1 aliphatic heterocycles. The van der Waals surface area contributed by atoms with E-state index in [0.717, 1.165) is 31.5 Å². The van der Waals surface area contributed by atoms with E-state index in [-0.39, 0.29) is 11.2 Å². The van der Waals surface area contributed by atoms with Crippen LogP contribution in [0.15, 0.2) is 29.4 Å². The van der Waals surface area contributed by atoms with Crippen LogP contribution in [0.3, 0.4) is 0 Å². The molecule has 3 rings (SSSR count). The SMILES string of the molecule is CC(Sc1n[nH]c(-c2ccc(Cl)cc2)n1)C(=O)N1CCCCC1. The van der Waals surface area contributed by atoms with Crippen LogP contribution in [0.4, 0.5) is 0 Å². The summed E-state index contributed by atoms with van der Waals surface area (Å²) in [4.78, 5) is 18.9. The van der Waals surface area contributed by atoms with E-state index in [1.54, 1.807) is 0 Å². The number of thioether (sulfide) groups is 1. The topological polar surface area (TPSA) is 61.9 Å². The number of nitrogens with one attached hydrogen (secondary N) is 1. The lowest BCUT2D eigenvalue weighted by atomic mass is 10.1. The maximum atomic E-state index is 12.4. The minimum Gasteiger partial charge on any atom is -0.342 e. The van der Waals surface area contributed by atoms with Crippen LogP contribution in [0.25, 0.3) is 11.4 Å². The fourth-order valence-corrected chi connectivity index (χ4v) is 3.55. The van der Waals surface area contributed by atoms with Gasteiger partial charge in [-0.1, -0.05) is 23.4 Å². The molecule has 122 valence electrons. The number of likely N-dealkylation sites (tertiary alicyclic amines) is 1. The van der Waals surface area contributed by atoms with Crippen molar-refractivity contribution >= 4 is 29.3 Å². The van der Waals surface area contributed by atoms with Gasteiger partial charge in [-0.15, -0.1) is 5.10 Å². The fourth-order valence-electron chi connectivity index (χ4n) is 2.62. The van der Waals surface area contributed by atoms with Crippen molar-refractivity contribution in [2.75, 3.05) is 13.1 Å². The summed E-state index contributed by atoms with van der Waals surface area (Å²) in [6.45, 7) is 3.65. The van der Waals surface area contributed by atoms with Crippen LogP contribution in [0.1, 0.15) is 26.2 Å². The monoisotopic (exact) mass is 350 g/mol. The molecule has 0 aliphatic carbocycles. The van der Waals surface area contributed by atoms with Gasteiger partial charge in [-0.05, 0) is 50.5 Å². The smallest absolute Gasteiger partial charge is 0.235 e. The first-order valence-corrected chi connectivity index (χ1v) is 9.03. The van der Waals surface area contributed by atoms with Crippen LogP contribution in [-0.2, 0) is 4.79 Å². The number of hydrogen-bond donors (Lipinski definition) is 1. The summed E-state index contributed by atoms with van der Waals surface area (Å²) in [5.41, 5.74) is 0.920. The second-order valence-electron chi connectivity index (χ2n) is 5.62. The standard InChI is InChI=1S/C16H19ClN4OS/c1-11(15(22)21-9-3-2-4-10-21)23-16-18-14(19-20-16)12-5-7-13(17)8-6-12/h5-8,11H,2-4,9-10H2,1H3,(H,18,19,20). The number of H-pyrrole nitrogens is 1. The molecule has 1 atom stereocenters. The van der Waals surface area contributed by atoms with E-state index >= 15 is 0 Å². The van der Waals surface area contributed by atoms with Crippen LogP contribution in [0, 0.1) is 0 Å². The Labute approximate surface area is 144 Å². The molecule has 0 saturated carbocycles. The number of aromatic amines is 1. The predicted molar refractivity (Wildman–Crippen MR) is 92.6 cm³/mol. The summed E-state index contributed by atoms with van der Waals surface area (Å²) in [7, 11) is 0. The molecule has 1 aliphatic rings. The summed E-state index contributed by atoms with van der Waals surface area (Å²) in [5.74, 6) is 0.856. The Balaban J connectivity index is 1.64. The average Bonchev–Trinajstić information content (AvgIpc) is 3.04. The molecule has 1 fully saturated rings. The molecule has 1 aromatic heterocycles. The van der Waals surface area contributed by atoms with Gasteiger partial charge in [-0.2, -0.15) is 0 Å². The van der Waals surface area contributed by atoms with Crippen molar-refractivity contribution < 1.29 is 4.79 Å². The van der Waals surface area contributed by atoms with Gasteiger partial charge in [0.2, 0.25) is 11.1 Å². The number of aromatic nitrogens is 3. The molecular formula is C16H19ClN4OS. The van der Waals surface area contributed by atoms with E-state index in [1.165, 1.54) is 18.2 Å². The van der Waals surface area contributed by atoms with Gasteiger partial charge in [-0.25, -0.2) is 4.98 Å². The number of nitrogens with zero attached hydrogens (tertiary/aromatic N) is 3. The zero-order chi connectivity index (χ0) is 16.2. The molecule has 1 N–H and O–H groups in total. The first kappa shape index (κ1) is 16.3. The van der Waals surface area contributed by atoms with Gasteiger partial charge in [0.15, 0.2) is 5.82 Å². The summed E-state index contributed by atoms with van der Waals surface area (Å²) >= 11 is 7.28. The van der Waals surface area contributed by atoms with Crippen molar-refractivity contribution in [1.29, 1.82) is 0 Å². The highest BCUT2D eigenvalue weighted by atomic mass is 35.5. The number of rotatable bonds is 4. The number of carbonyl (C=O) groups is 1. The zero-order valence-electron chi connectivity index (χ0n) is 13.0. The van der Waals surface area contributed by atoms with E-state index in [2.05, 4.69) is 15.2 Å². The van der Waals surface area contributed by atoms with E-state index in [4.69, 9.17) is 11.6 Å². The van der Waals surface area contributed by atoms with Crippen LogP contribution >= 0.6 is 23.4 Å². The Hall–Kier alpha value is -1.53. The average molecular weight is 351 g/mol. The van der Waals surface area contributed by atoms with E-state index < -0.39 is 0 Å². The van der Waals surface area contributed by atoms with Crippen molar-refractivity contribution in [3.05, 3.63) is 29.3 Å². The molecular weight excluding hydrogens is 332 g/mol. The van der Waals surface area contributed by atoms with E-state index in [0.29, 0.717) is 16.0 Å². The first-order chi connectivity index (χ1) is 11.1. The molecule has 5 nitrogen and oxygen atoms in total. The highest BCUT2D eigenvalue weighted by Crippen LogP contribution is 2.25. The zero-order valence-corrected chi connectivity index (χ0v) is 14.5. The second kappa shape index (κ2) is 7.36. The minimum absolute atomic E-state index is 0.174. The number of piperidine rings is 1. The normalized spacial score (nSPS) is 16.3. The lowest BCUT2D eigenvalue weighted by Gasteiger charge is -2.28. The predicted octanol–water partition coefficient (Wildman–Crippen LogP) is 3.62. The summed E-state index contributed by atoms with van der Waals surface area (Å²) in [6.07, 6.45) is 3.42. The molecule has 2 aromatic rings. The van der Waals surface area contributed by atoms with Gasteiger partial charge >= 0.3 is 0 Å². The van der Waals surface area contributed by atoms with Gasteiger partial charge in [0.1, 0.15) is 0 Å². The quantitative estimate of drug-likeness (QED) is 0.855. The summed E-state index contributed by atoms with van der Waals surface area (Å²) in [6, 6.07) is 7.41. The van der Waals surface area contributed by atoms with Crippen molar-refractivity contribution in [3.8, 4) is 11.4 Å². The fraction of sp³-hybridized carbons (Fsp3) is 0.438. The third-order valence-corrected chi connectivity index (χ3v) is 5.08. The van der Waals surface area contributed by atoms with Gasteiger partial charge < -0.3 is 4.90 Å². The number of amides is 1. The Kier molecular flexibility index (Phi) is 5.23. The van der Waals surface area contributed by atoms with Gasteiger partial charge in [-0.3, -0.25) is 9.89 Å². The van der Waals surface area contributed by atoms with Crippen LogP contribution in [0.5, 0.6) is 0 Å². The summed E-state index contributed by atoms with van der Waals surface area (Å²) in [5, 5.41) is 8.22. The van der Waals surface area contributed by atoms with Crippen LogP contribution in [0.2, 0.25) is 5.02 Å². The van der Waals surface area contributed by atoms with Crippen molar-refractivity contribution in [2.24, 2.45) is 0 Å². The third-order valence-electron chi connectivity index (χ3n) is 3.88. The van der Waals surface area contributed by atoms with E-state index in [1.807, 2.05) is 36.1 Å². The van der Waals surface area contributed by atoms with Crippen LogP contribution in [-0.4, -0.2) is 44.3 Å². The number of carbonyl (C=O) groups excluding carboxylic acids is 1. The van der Waals surface area contributed by atoms with Crippen molar-refractivity contribution in [3.63, 3.8) is 0 Å². The van der Waals surface area contributed by atoms with Gasteiger partial charge in [0.25, 0.3) is 0 Å². The Morgan fingerprint density at radius 1 is 1.26 bits per heavy atom.